The highest BCUT2D eigenvalue weighted by atomic mass is 16.2. The summed E-state index contributed by atoms with van der Waals surface area (Å²) in [6.07, 6.45) is 4.20. The second-order valence-electron chi connectivity index (χ2n) is 6.48. The average molecular weight is 346 g/mol. The van der Waals surface area contributed by atoms with Crippen molar-refractivity contribution in [1.82, 2.24) is 15.6 Å². The number of aryl methyl sites for hydroxylation is 1. The Hall–Kier alpha value is -2.44. The lowest BCUT2D eigenvalue weighted by atomic mass is 9.97. The fourth-order valence-corrected chi connectivity index (χ4v) is 3.13. The highest BCUT2D eigenvalue weighted by molar-refractivity contribution is 5.91. The predicted octanol–water partition coefficient (Wildman–Crippen LogP) is 1.53. The molecule has 0 radical (unpaired) electrons. The highest BCUT2D eigenvalue weighted by Crippen LogP contribution is 2.27. The molecule has 1 aromatic heterocycles. The van der Waals surface area contributed by atoms with Gasteiger partial charge in [0.05, 0.1) is 0 Å². The van der Waals surface area contributed by atoms with Crippen LogP contribution in [0.4, 0.5) is 5.82 Å². The third-order valence-corrected chi connectivity index (χ3v) is 4.32. The largest absolute Gasteiger partial charge is 0.354 e. The molecule has 2 rings (SSSR count). The zero-order valence-electron chi connectivity index (χ0n) is 14.8. The zero-order chi connectivity index (χ0) is 18.2. The molecule has 7 nitrogen and oxygen atoms in total. The molecule has 1 fully saturated rings. The molecule has 0 aromatic carbocycles. The van der Waals surface area contributed by atoms with Crippen LogP contribution in [-0.2, 0) is 14.4 Å². The van der Waals surface area contributed by atoms with E-state index in [1.165, 1.54) is 6.92 Å². The summed E-state index contributed by atoms with van der Waals surface area (Å²) >= 11 is 0. The molecule has 1 atom stereocenters. The zero-order valence-corrected chi connectivity index (χ0v) is 14.8. The van der Waals surface area contributed by atoms with Gasteiger partial charge in [0.15, 0.2) is 0 Å². The number of hydrogen-bond acceptors (Lipinski definition) is 4. The van der Waals surface area contributed by atoms with Crippen LogP contribution in [0.15, 0.2) is 18.2 Å². The van der Waals surface area contributed by atoms with Gasteiger partial charge in [0.2, 0.25) is 17.7 Å². The second-order valence-corrected chi connectivity index (χ2v) is 6.48. The number of aromatic nitrogens is 1. The lowest BCUT2D eigenvalue weighted by molar-refractivity contribution is -0.129. The molecule has 3 N–H and O–H groups in total. The molecular formula is C18H26N4O3. The topological polar surface area (TPSA) is 100 Å². The minimum absolute atomic E-state index is 0.152. The monoisotopic (exact) mass is 346 g/mol. The van der Waals surface area contributed by atoms with Crippen molar-refractivity contribution < 1.29 is 14.4 Å². The van der Waals surface area contributed by atoms with Gasteiger partial charge in [-0.05, 0) is 37.8 Å². The first-order chi connectivity index (χ1) is 12.0. The molecule has 3 amide bonds. The molecule has 1 aliphatic rings. The summed E-state index contributed by atoms with van der Waals surface area (Å²) in [5.74, 6) is 0.0295. The van der Waals surface area contributed by atoms with E-state index in [2.05, 4.69) is 20.9 Å². The highest BCUT2D eigenvalue weighted by Gasteiger charge is 2.31. The van der Waals surface area contributed by atoms with Gasteiger partial charge in [0, 0.05) is 25.6 Å². The molecule has 136 valence electrons. The van der Waals surface area contributed by atoms with Gasteiger partial charge in [0.1, 0.15) is 11.9 Å². The molecule has 0 aliphatic heterocycles. The maximum Gasteiger partial charge on any atom is 0.242 e. The third kappa shape index (κ3) is 6.17. The fourth-order valence-electron chi connectivity index (χ4n) is 3.13. The van der Waals surface area contributed by atoms with Gasteiger partial charge >= 0.3 is 0 Å². The number of nitrogens with one attached hydrogen (secondary N) is 3. The van der Waals surface area contributed by atoms with E-state index in [1.54, 1.807) is 6.07 Å². The van der Waals surface area contributed by atoms with Gasteiger partial charge in [-0.25, -0.2) is 4.98 Å². The van der Waals surface area contributed by atoms with Gasteiger partial charge < -0.3 is 16.0 Å². The number of nitrogens with zero attached hydrogens (tertiary/aromatic N) is 1. The van der Waals surface area contributed by atoms with Crippen molar-refractivity contribution in [1.29, 1.82) is 0 Å². The number of carbonyl (C=O) groups excluding carboxylic acids is 3. The van der Waals surface area contributed by atoms with Crippen LogP contribution in [-0.4, -0.2) is 35.3 Å². The van der Waals surface area contributed by atoms with Crippen molar-refractivity contribution in [3.8, 4) is 0 Å². The van der Waals surface area contributed by atoms with Gasteiger partial charge in [-0.3, -0.25) is 14.4 Å². The summed E-state index contributed by atoms with van der Waals surface area (Å²) < 4.78 is 0. The van der Waals surface area contributed by atoms with Crippen LogP contribution in [0.2, 0.25) is 0 Å². The van der Waals surface area contributed by atoms with Crippen LogP contribution in [0.1, 0.15) is 44.7 Å². The van der Waals surface area contributed by atoms with E-state index in [-0.39, 0.29) is 36.6 Å². The molecule has 0 bridgehead atoms. The van der Waals surface area contributed by atoms with E-state index < -0.39 is 6.04 Å². The van der Waals surface area contributed by atoms with Crippen LogP contribution in [0, 0.1) is 12.8 Å². The minimum Gasteiger partial charge on any atom is -0.354 e. The normalized spacial score (nSPS) is 15.4. The van der Waals surface area contributed by atoms with E-state index >= 15 is 0 Å². The number of amides is 3. The number of anilines is 1. The van der Waals surface area contributed by atoms with Crippen molar-refractivity contribution in [2.45, 2.75) is 52.0 Å². The lowest BCUT2D eigenvalue weighted by Gasteiger charge is -2.23. The Balaban J connectivity index is 1.79. The van der Waals surface area contributed by atoms with E-state index in [0.29, 0.717) is 5.82 Å². The van der Waals surface area contributed by atoms with Crippen molar-refractivity contribution in [2.24, 2.45) is 5.92 Å². The summed E-state index contributed by atoms with van der Waals surface area (Å²) in [6.45, 7) is 3.48. The Morgan fingerprint density at radius 2 is 1.96 bits per heavy atom. The van der Waals surface area contributed by atoms with Gasteiger partial charge in [-0.15, -0.1) is 0 Å². The van der Waals surface area contributed by atoms with Crippen molar-refractivity contribution in [3.63, 3.8) is 0 Å². The van der Waals surface area contributed by atoms with E-state index in [4.69, 9.17) is 0 Å². The molecule has 0 saturated heterocycles. The Bertz CT molecular complexity index is 627. The number of rotatable bonds is 7. The van der Waals surface area contributed by atoms with Crippen molar-refractivity contribution >= 4 is 23.5 Å². The minimum atomic E-state index is -0.512. The van der Waals surface area contributed by atoms with E-state index in [9.17, 15) is 14.4 Å². The smallest absolute Gasteiger partial charge is 0.242 e. The molecular weight excluding hydrogens is 320 g/mol. The SMILES string of the molecule is CC(=O)N[C@H](C(=O)NCCC(=O)Nc1cccc(C)n1)C1CCCC1. The van der Waals surface area contributed by atoms with Crippen LogP contribution in [0.3, 0.4) is 0 Å². The lowest BCUT2D eigenvalue weighted by Crippen LogP contribution is -2.50. The number of pyridine rings is 1. The van der Waals surface area contributed by atoms with Gasteiger partial charge in [-0.1, -0.05) is 18.9 Å². The van der Waals surface area contributed by atoms with Crippen molar-refractivity contribution in [3.05, 3.63) is 23.9 Å². The predicted molar refractivity (Wildman–Crippen MR) is 94.8 cm³/mol. The molecule has 1 aromatic rings. The van der Waals surface area contributed by atoms with Crippen molar-refractivity contribution in [2.75, 3.05) is 11.9 Å². The molecule has 0 spiro atoms. The summed E-state index contributed by atoms with van der Waals surface area (Å²) in [6, 6.07) is 4.87. The van der Waals surface area contributed by atoms with Crippen LogP contribution < -0.4 is 16.0 Å². The van der Waals surface area contributed by atoms with Crippen LogP contribution >= 0.6 is 0 Å². The second kappa shape index (κ2) is 9.15. The van der Waals surface area contributed by atoms with Gasteiger partial charge in [0.25, 0.3) is 0 Å². The molecule has 1 aliphatic carbocycles. The molecule has 25 heavy (non-hydrogen) atoms. The maximum atomic E-state index is 12.4. The first-order valence-corrected chi connectivity index (χ1v) is 8.74. The molecule has 0 unspecified atom stereocenters. The molecule has 1 saturated carbocycles. The van der Waals surface area contributed by atoms with Crippen LogP contribution in [0.5, 0.6) is 0 Å². The number of hydrogen-bond donors (Lipinski definition) is 3. The Morgan fingerprint density at radius 1 is 1.24 bits per heavy atom. The van der Waals surface area contributed by atoms with E-state index in [0.717, 1.165) is 31.4 Å². The van der Waals surface area contributed by atoms with Crippen LogP contribution in [0.25, 0.3) is 0 Å². The summed E-state index contributed by atoms with van der Waals surface area (Å²) in [5.41, 5.74) is 0.820. The Morgan fingerprint density at radius 3 is 2.60 bits per heavy atom. The Labute approximate surface area is 148 Å². The standard InChI is InChI=1S/C18H26N4O3/c1-12-6-5-9-15(20-12)22-16(24)10-11-19-18(25)17(21-13(2)23)14-7-3-4-8-14/h5-6,9,14,17H,3-4,7-8,10-11H2,1-2H3,(H,19,25)(H,21,23)(H,20,22,24)/t17-/m0/s1. The summed E-state index contributed by atoms with van der Waals surface area (Å²) in [4.78, 5) is 39.9. The summed E-state index contributed by atoms with van der Waals surface area (Å²) in [7, 11) is 0. The summed E-state index contributed by atoms with van der Waals surface area (Å²) in [5, 5.41) is 8.20. The maximum absolute atomic E-state index is 12.4. The van der Waals surface area contributed by atoms with E-state index in [1.807, 2.05) is 19.1 Å². The van der Waals surface area contributed by atoms with Gasteiger partial charge in [-0.2, -0.15) is 0 Å². The first kappa shape index (κ1) is 18.9. The third-order valence-electron chi connectivity index (χ3n) is 4.32. The Kier molecular flexibility index (Phi) is 6.91. The first-order valence-electron chi connectivity index (χ1n) is 8.74. The number of carbonyl (C=O) groups is 3. The fraction of sp³-hybridized carbons (Fsp3) is 0.556. The quantitative estimate of drug-likeness (QED) is 0.697. The molecule has 1 heterocycles. The average Bonchev–Trinajstić information content (AvgIpc) is 3.06. The molecule has 7 heteroatoms.